The largest absolute Gasteiger partial charge is 0.497 e. The average Bonchev–Trinajstić information content (AvgIpc) is 3.12. The van der Waals surface area contributed by atoms with Gasteiger partial charge in [-0.2, -0.15) is 5.10 Å². The molecule has 0 spiro atoms. The van der Waals surface area contributed by atoms with Crippen molar-refractivity contribution in [1.82, 2.24) is 5.32 Å². The van der Waals surface area contributed by atoms with E-state index >= 15 is 0 Å². The van der Waals surface area contributed by atoms with Crippen LogP contribution in [0.5, 0.6) is 17.2 Å². The lowest BCUT2D eigenvalue weighted by Gasteiger charge is -2.11. The lowest BCUT2D eigenvalue weighted by molar-refractivity contribution is -0.122. The van der Waals surface area contributed by atoms with Gasteiger partial charge in [0.25, 0.3) is 0 Å². The van der Waals surface area contributed by atoms with Crippen LogP contribution in [0.1, 0.15) is 12.0 Å². The minimum absolute atomic E-state index is 0.00788. The molecule has 0 saturated carbocycles. The maximum atomic E-state index is 12.4. The topological polar surface area (TPSA) is 111 Å². The predicted octanol–water partition coefficient (Wildman–Crippen LogP) is 2.66. The molecule has 1 heterocycles. The van der Waals surface area contributed by atoms with E-state index in [1.54, 1.807) is 31.5 Å². The van der Waals surface area contributed by atoms with Crippen LogP contribution in [-0.4, -0.2) is 49.8 Å². The molecule has 1 aliphatic rings. The zero-order chi connectivity index (χ0) is 22.2. The van der Waals surface area contributed by atoms with Crippen molar-refractivity contribution in [2.75, 3.05) is 26.6 Å². The monoisotopic (exact) mass is 442 g/mol. The summed E-state index contributed by atoms with van der Waals surface area (Å²) in [5, 5.41) is 13.2. The molecular formula is C21H22N4O5S. The normalized spacial score (nSPS) is 16.9. The Morgan fingerprint density at radius 2 is 1.84 bits per heavy atom. The summed E-state index contributed by atoms with van der Waals surface area (Å²) >= 11 is 1.16. The van der Waals surface area contributed by atoms with Crippen molar-refractivity contribution in [3.05, 3.63) is 48.0 Å². The second kappa shape index (κ2) is 10.5. The fraction of sp³-hybridized carbons (Fsp3) is 0.238. The van der Waals surface area contributed by atoms with Gasteiger partial charge >= 0.3 is 0 Å². The fourth-order valence-electron chi connectivity index (χ4n) is 2.72. The van der Waals surface area contributed by atoms with Crippen LogP contribution in [0.4, 0.5) is 5.69 Å². The number of carbonyl (C=O) groups excluding carboxylic acids is 2. The summed E-state index contributed by atoms with van der Waals surface area (Å²) in [5.41, 5.74) is 1.38. The van der Waals surface area contributed by atoms with Crippen molar-refractivity contribution in [3.63, 3.8) is 0 Å². The fourth-order valence-corrected chi connectivity index (χ4v) is 3.64. The summed E-state index contributed by atoms with van der Waals surface area (Å²) in [6.45, 7) is 0. The third-order valence-corrected chi connectivity index (χ3v) is 5.36. The Bertz CT molecular complexity index is 1010. The molecule has 1 fully saturated rings. The molecule has 0 radical (unpaired) electrons. The first kappa shape index (κ1) is 22.2. The lowest BCUT2D eigenvalue weighted by atomic mass is 10.2. The minimum Gasteiger partial charge on any atom is -0.497 e. The van der Waals surface area contributed by atoms with Crippen LogP contribution >= 0.6 is 11.8 Å². The van der Waals surface area contributed by atoms with Gasteiger partial charge in [-0.15, -0.1) is 5.10 Å². The molecule has 2 aromatic rings. The van der Waals surface area contributed by atoms with Crippen molar-refractivity contribution in [2.45, 2.75) is 11.7 Å². The number of methoxy groups -OCH3 is 3. The number of hydrogen-bond donors (Lipinski definition) is 2. The molecule has 2 N–H and O–H groups in total. The highest BCUT2D eigenvalue weighted by Crippen LogP contribution is 2.30. The number of hydrogen-bond acceptors (Lipinski definition) is 8. The van der Waals surface area contributed by atoms with Crippen LogP contribution in [-0.2, 0) is 9.59 Å². The Kier molecular flexibility index (Phi) is 7.50. The van der Waals surface area contributed by atoms with Crippen molar-refractivity contribution < 1.29 is 23.8 Å². The average molecular weight is 442 g/mol. The number of anilines is 1. The summed E-state index contributed by atoms with van der Waals surface area (Å²) in [6, 6.07) is 12.3. The van der Waals surface area contributed by atoms with Crippen molar-refractivity contribution >= 4 is 40.6 Å². The molecule has 162 valence electrons. The number of carbonyl (C=O) groups is 2. The number of amidine groups is 1. The first-order valence-corrected chi connectivity index (χ1v) is 10.1. The van der Waals surface area contributed by atoms with E-state index in [9.17, 15) is 9.59 Å². The Labute approximate surface area is 183 Å². The summed E-state index contributed by atoms with van der Waals surface area (Å²) in [4.78, 5) is 24.5. The van der Waals surface area contributed by atoms with Gasteiger partial charge in [0, 0.05) is 18.2 Å². The minimum atomic E-state index is -0.588. The third kappa shape index (κ3) is 5.98. The number of amides is 2. The number of ether oxygens (including phenoxy) is 3. The standard InChI is InChI=1S/C21H22N4O5S/c1-28-15-7-4-13(5-8-15)12-22-25-21-24-20(27)18(31-21)11-19(26)23-14-6-9-16(29-2)17(10-14)30-3/h4-10,12,18H,11H2,1-3H3,(H,23,26)(H,24,25,27)/b22-12+. The Morgan fingerprint density at radius 3 is 2.52 bits per heavy atom. The lowest BCUT2D eigenvalue weighted by Crippen LogP contribution is -2.28. The smallest absolute Gasteiger partial charge is 0.240 e. The zero-order valence-electron chi connectivity index (χ0n) is 17.2. The summed E-state index contributed by atoms with van der Waals surface area (Å²) in [6.07, 6.45) is 1.56. The highest BCUT2D eigenvalue weighted by molar-refractivity contribution is 8.15. The zero-order valence-corrected chi connectivity index (χ0v) is 18.1. The van der Waals surface area contributed by atoms with E-state index in [2.05, 4.69) is 20.8 Å². The van der Waals surface area contributed by atoms with Crippen LogP contribution in [0.2, 0.25) is 0 Å². The van der Waals surface area contributed by atoms with Crippen LogP contribution in [0, 0.1) is 0 Å². The van der Waals surface area contributed by atoms with Gasteiger partial charge in [0.05, 0.1) is 27.5 Å². The third-order valence-electron chi connectivity index (χ3n) is 4.29. The molecule has 1 unspecified atom stereocenters. The highest BCUT2D eigenvalue weighted by atomic mass is 32.2. The molecule has 1 aliphatic heterocycles. The second-order valence-electron chi connectivity index (χ2n) is 6.34. The second-order valence-corrected chi connectivity index (χ2v) is 7.53. The summed E-state index contributed by atoms with van der Waals surface area (Å²) < 4.78 is 15.5. The predicted molar refractivity (Wildman–Crippen MR) is 120 cm³/mol. The molecule has 1 saturated heterocycles. The van der Waals surface area contributed by atoms with Gasteiger partial charge < -0.3 is 24.8 Å². The first-order chi connectivity index (χ1) is 15.0. The highest BCUT2D eigenvalue weighted by Gasteiger charge is 2.32. The van der Waals surface area contributed by atoms with E-state index in [0.29, 0.717) is 22.4 Å². The van der Waals surface area contributed by atoms with Crippen molar-refractivity contribution in [3.8, 4) is 17.2 Å². The summed E-state index contributed by atoms with van der Waals surface area (Å²) in [5.74, 6) is 1.21. The maximum absolute atomic E-state index is 12.4. The van der Waals surface area contributed by atoms with Gasteiger partial charge in [0.1, 0.15) is 11.0 Å². The van der Waals surface area contributed by atoms with Gasteiger partial charge in [-0.3, -0.25) is 9.59 Å². The summed E-state index contributed by atoms with van der Waals surface area (Å²) in [7, 11) is 4.65. The molecule has 0 aliphatic carbocycles. The quantitative estimate of drug-likeness (QED) is 0.480. The SMILES string of the molecule is COc1ccc(/C=N/N=C2\NC(=O)C(CC(=O)Nc3ccc(OC)c(OC)c3)S2)cc1. The van der Waals surface area contributed by atoms with E-state index in [4.69, 9.17) is 14.2 Å². The molecule has 2 amide bonds. The van der Waals surface area contributed by atoms with Crippen molar-refractivity contribution in [2.24, 2.45) is 10.2 Å². The first-order valence-electron chi connectivity index (χ1n) is 9.27. The van der Waals surface area contributed by atoms with Crippen molar-refractivity contribution in [1.29, 1.82) is 0 Å². The van der Waals surface area contributed by atoms with E-state index in [1.807, 2.05) is 24.3 Å². The van der Waals surface area contributed by atoms with Crippen LogP contribution in [0.15, 0.2) is 52.7 Å². The van der Waals surface area contributed by atoms with Gasteiger partial charge in [0.15, 0.2) is 16.7 Å². The van der Waals surface area contributed by atoms with E-state index in [1.165, 1.54) is 14.2 Å². The number of rotatable bonds is 8. The molecule has 0 bridgehead atoms. The molecule has 31 heavy (non-hydrogen) atoms. The van der Waals surface area contributed by atoms with Crippen LogP contribution in [0.25, 0.3) is 0 Å². The molecule has 0 aromatic heterocycles. The Hall–Kier alpha value is -3.53. The Balaban J connectivity index is 1.55. The van der Waals surface area contributed by atoms with Gasteiger partial charge in [-0.1, -0.05) is 11.8 Å². The number of thioether (sulfide) groups is 1. The van der Waals surface area contributed by atoms with Crippen LogP contribution in [0.3, 0.4) is 0 Å². The number of nitrogens with one attached hydrogen (secondary N) is 2. The Morgan fingerprint density at radius 1 is 1.10 bits per heavy atom. The maximum Gasteiger partial charge on any atom is 0.240 e. The van der Waals surface area contributed by atoms with E-state index in [0.717, 1.165) is 23.1 Å². The van der Waals surface area contributed by atoms with Gasteiger partial charge in [-0.05, 0) is 42.0 Å². The molecule has 3 rings (SSSR count). The number of nitrogens with zero attached hydrogens (tertiary/aromatic N) is 2. The van der Waals surface area contributed by atoms with Gasteiger partial charge in [0.2, 0.25) is 11.8 Å². The molecule has 10 heteroatoms. The molecular weight excluding hydrogens is 420 g/mol. The van der Waals surface area contributed by atoms with Crippen LogP contribution < -0.4 is 24.8 Å². The molecule has 2 aromatic carbocycles. The van der Waals surface area contributed by atoms with E-state index < -0.39 is 5.25 Å². The van der Waals surface area contributed by atoms with Gasteiger partial charge in [-0.25, -0.2) is 0 Å². The molecule has 1 atom stereocenters. The number of benzene rings is 2. The van der Waals surface area contributed by atoms with E-state index in [-0.39, 0.29) is 18.2 Å². The molecule has 9 nitrogen and oxygen atoms in total.